The van der Waals surface area contributed by atoms with Gasteiger partial charge in [0.2, 0.25) is 5.95 Å². The van der Waals surface area contributed by atoms with Crippen LogP contribution in [-0.4, -0.2) is 9.97 Å². The molecule has 5 nitrogen and oxygen atoms in total. The molecule has 6 heteroatoms. The summed E-state index contributed by atoms with van der Waals surface area (Å²) in [6.45, 7) is 5.89. The molecule has 28 heavy (non-hydrogen) atoms. The summed E-state index contributed by atoms with van der Waals surface area (Å²) < 4.78 is 6.14. The molecule has 2 aromatic heterocycles. The summed E-state index contributed by atoms with van der Waals surface area (Å²) in [5, 5.41) is 6.89. The zero-order chi connectivity index (χ0) is 19.7. The number of hydrogen-bond donors (Lipinski definition) is 1. The van der Waals surface area contributed by atoms with Crippen LogP contribution in [-0.2, 0) is 0 Å². The molecule has 0 spiro atoms. The average Bonchev–Trinajstić information content (AvgIpc) is 2.65. The second-order valence-corrected chi connectivity index (χ2v) is 7.14. The lowest BCUT2D eigenvalue weighted by Crippen LogP contribution is -2.09. The van der Waals surface area contributed by atoms with Crippen molar-refractivity contribution in [3.8, 4) is 11.3 Å². The number of hydrogen-bond acceptors (Lipinski definition) is 5. The highest BCUT2D eigenvalue weighted by Gasteiger charge is 2.07. The average molecular weight is 391 g/mol. The largest absolute Gasteiger partial charge is 0.456 e. The van der Waals surface area contributed by atoms with Gasteiger partial charge >= 0.3 is 0 Å². The molecule has 0 amide bonds. The molecule has 0 unspecified atom stereocenters. The maximum absolute atomic E-state index is 6.14. The van der Waals surface area contributed by atoms with Crippen LogP contribution in [0.4, 0.5) is 5.95 Å². The van der Waals surface area contributed by atoms with Crippen molar-refractivity contribution < 1.29 is 4.42 Å². The first-order valence-corrected chi connectivity index (χ1v) is 9.28. The third-order valence-corrected chi connectivity index (χ3v) is 4.54. The second-order valence-electron chi connectivity index (χ2n) is 6.70. The number of nitrogens with one attached hydrogen (secondary N) is 1. The molecule has 2 aromatic carbocycles. The van der Waals surface area contributed by atoms with E-state index in [0.29, 0.717) is 16.7 Å². The second kappa shape index (κ2) is 7.44. The fourth-order valence-electron chi connectivity index (χ4n) is 3.01. The molecule has 4 aromatic rings. The fraction of sp³-hybridized carbons (Fsp3) is 0.136. The van der Waals surface area contributed by atoms with Crippen molar-refractivity contribution in [1.82, 2.24) is 9.97 Å². The van der Waals surface area contributed by atoms with Crippen molar-refractivity contribution in [1.29, 1.82) is 0 Å². The van der Waals surface area contributed by atoms with Crippen LogP contribution < -0.4 is 10.8 Å². The highest BCUT2D eigenvalue weighted by Crippen LogP contribution is 2.24. The Morgan fingerprint density at radius 2 is 1.61 bits per heavy atom. The van der Waals surface area contributed by atoms with E-state index in [1.807, 2.05) is 75.4 Å². The normalized spacial score (nSPS) is 11.8. The van der Waals surface area contributed by atoms with Crippen molar-refractivity contribution in [2.24, 2.45) is 5.10 Å². The van der Waals surface area contributed by atoms with Crippen molar-refractivity contribution in [2.45, 2.75) is 20.8 Å². The van der Waals surface area contributed by atoms with Crippen molar-refractivity contribution >= 4 is 28.5 Å². The van der Waals surface area contributed by atoms with E-state index in [4.69, 9.17) is 16.0 Å². The maximum Gasteiger partial charge on any atom is 0.243 e. The van der Waals surface area contributed by atoms with Crippen LogP contribution in [0.1, 0.15) is 17.0 Å². The Kier molecular flexibility index (Phi) is 4.84. The maximum atomic E-state index is 6.14. The highest BCUT2D eigenvalue weighted by molar-refractivity contribution is 6.30. The van der Waals surface area contributed by atoms with Gasteiger partial charge in [-0.25, -0.2) is 15.4 Å². The van der Waals surface area contributed by atoms with Crippen molar-refractivity contribution in [3.05, 3.63) is 81.9 Å². The minimum atomic E-state index is 0.464. The number of halogens is 1. The number of aryl methyl sites for hydroxylation is 3. The van der Waals surface area contributed by atoms with E-state index in [0.717, 1.165) is 38.8 Å². The Morgan fingerprint density at radius 3 is 2.32 bits per heavy atom. The van der Waals surface area contributed by atoms with Gasteiger partial charge in [-0.05, 0) is 68.8 Å². The van der Waals surface area contributed by atoms with Gasteiger partial charge in [0.15, 0.2) is 0 Å². The number of aromatic nitrogens is 2. The monoisotopic (exact) mass is 390 g/mol. The smallest absolute Gasteiger partial charge is 0.243 e. The Labute approximate surface area is 167 Å². The number of benzene rings is 2. The SMILES string of the molecule is Cc1ccc2/c(=N\Nc3nc(C)cc(C)n3)cc(-c3ccc(Cl)cc3)oc2c1. The summed E-state index contributed by atoms with van der Waals surface area (Å²) in [4.78, 5) is 8.76. The summed E-state index contributed by atoms with van der Waals surface area (Å²) in [6, 6.07) is 17.4. The molecule has 0 aliphatic heterocycles. The molecule has 0 aliphatic rings. The summed E-state index contributed by atoms with van der Waals surface area (Å²) in [5.41, 5.74) is 7.54. The van der Waals surface area contributed by atoms with Crippen LogP contribution in [0.15, 0.2) is 64.1 Å². The zero-order valence-electron chi connectivity index (χ0n) is 15.8. The van der Waals surface area contributed by atoms with Crippen molar-refractivity contribution in [2.75, 3.05) is 5.43 Å². The predicted molar refractivity (Wildman–Crippen MR) is 112 cm³/mol. The molecule has 4 rings (SSSR count). The summed E-state index contributed by atoms with van der Waals surface area (Å²) >= 11 is 6.02. The molecule has 0 saturated heterocycles. The predicted octanol–water partition coefficient (Wildman–Crippen LogP) is 5.40. The minimum absolute atomic E-state index is 0.464. The number of anilines is 1. The lowest BCUT2D eigenvalue weighted by molar-refractivity contribution is 0.618. The van der Waals surface area contributed by atoms with Gasteiger partial charge in [0.25, 0.3) is 0 Å². The molecule has 0 aliphatic carbocycles. The standard InChI is InChI=1S/C22H19ClN4O/c1-13-4-9-18-19(26-27-22-24-14(2)11-15(3)25-22)12-20(28-21(18)10-13)16-5-7-17(23)8-6-16/h4-12H,1-3H3,(H,24,25,27)/b26-19-. The fourth-order valence-corrected chi connectivity index (χ4v) is 3.14. The topological polar surface area (TPSA) is 63.3 Å². The van der Waals surface area contributed by atoms with Crippen LogP contribution in [0.2, 0.25) is 5.02 Å². The summed E-state index contributed by atoms with van der Waals surface area (Å²) in [7, 11) is 0. The third-order valence-electron chi connectivity index (χ3n) is 4.29. The number of rotatable bonds is 3. The zero-order valence-corrected chi connectivity index (χ0v) is 16.6. The molecular formula is C22H19ClN4O. The molecule has 0 bridgehead atoms. The first kappa shape index (κ1) is 18.2. The van der Waals surface area contributed by atoms with Gasteiger partial charge in [-0.1, -0.05) is 17.7 Å². The van der Waals surface area contributed by atoms with E-state index in [2.05, 4.69) is 20.5 Å². The van der Waals surface area contributed by atoms with E-state index in [9.17, 15) is 0 Å². The lowest BCUT2D eigenvalue weighted by atomic mass is 10.1. The molecular weight excluding hydrogens is 372 g/mol. The minimum Gasteiger partial charge on any atom is -0.456 e. The van der Waals surface area contributed by atoms with E-state index >= 15 is 0 Å². The van der Waals surface area contributed by atoms with Gasteiger partial charge in [0, 0.05) is 33.4 Å². The van der Waals surface area contributed by atoms with Gasteiger partial charge in [-0.2, -0.15) is 5.10 Å². The molecule has 0 atom stereocenters. The Balaban J connectivity index is 1.86. The van der Waals surface area contributed by atoms with Crippen LogP contribution in [0.5, 0.6) is 0 Å². The Bertz CT molecular complexity index is 1210. The summed E-state index contributed by atoms with van der Waals surface area (Å²) in [5.74, 6) is 1.17. The molecule has 0 fully saturated rings. The quantitative estimate of drug-likeness (QED) is 0.476. The number of nitrogens with zero attached hydrogens (tertiary/aromatic N) is 3. The Morgan fingerprint density at radius 1 is 0.893 bits per heavy atom. The van der Waals surface area contributed by atoms with Gasteiger partial charge in [0.1, 0.15) is 11.3 Å². The molecule has 0 saturated carbocycles. The first-order chi connectivity index (χ1) is 13.5. The van der Waals surface area contributed by atoms with E-state index in [1.165, 1.54) is 0 Å². The molecule has 140 valence electrons. The van der Waals surface area contributed by atoms with Crippen LogP contribution in [0.25, 0.3) is 22.3 Å². The van der Waals surface area contributed by atoms with Gasteiger partial charge in [-0.3, -0.25) is 0 Å². The third kappa shape index (κ3) is 3.89. The highest BCUT2D eigenvalue weighted by atomic mass is 35.5. The van der Waals surface area contributed by atoms with E-state index < -0.39 is 0 Å². The Hall–Kier alpha value is -3.18. The summed E-state index contributed by atoms with van der Waals surface area (Å²) in [6.07, 6.45) is 0. The van der Waals surface area contributed by atoms with Crippen LogP contribution in [0.3, 0.4) is 0 Å². The molecule has 0 radical (unpaired) electrons. The molecule has 2 heterocycles. The number of fused-ring (bicyclic) bond motifs is 1. The van der Waals surface area contributed by atoms with Crippen molar-refractivity contribution in [3.63, 3.8) is 0 Å². The lowest BCUT2D eigenvalue weighted by Gasteiger charge is -2.07. The van der Waals surface area contributed by atoms with Gasteiger partial charge in [0.05, 0.1) is 5.36 Å². The molecule has 1 N–H and O–H groups in total. The van der Waals surface area contributed by atoms with Crippen LogP contribution >= 0.6 is 11.6 Å². The van der Waals surface area contributed by atoms with E-state index in [1.54, 1.807) is 0 Å². The van der Waals surface area contributed by atoms with Crippen LogP contribution in [0, 0.1) is 20.8 Å². The van der Waals surface area contributed by atoms with E-state index in [-0.39, 0.29) is 0 Å². The van der Waals surface area contributed by atoms with Gasteiger partial charge < -0.3 is 4.42 Å². The first-order valence-electron chi connectivity index (χ1n) is 8.90. The van der Waals surface area contributed by atoms with Gasteiger partial charge in [-0.15, -0.1) is 0 Å².